The Morgan fingerprint density at radius 1 is 1.04 bits per heavy atom. The number of hydrogen-bond donors (Lipinski definition) is 4. The molecule has 23 heavy (non-hydrogen) atoms. The summed E-state index contributed by atoms with van der Waals surface area (Å²) in [6, 6.07) is 12.0. The molecule has 4 N–H and O–H groups in total. The van der Waals surface area contributed by atoms with E-state index in [2.05, 4.69) is 15.3 Å². The lowest BCUT2D eigenvalue weighted by Gasteiger charge is -2.04. The second-order valence-corrected chi connectivity index (χ2v) is 5.03. The number of benzene rings is 2. The van der Waals surface area contributed by atoms with Crippen molar-refractivity contribution in [2.75, 3.05) is 0 Å². The predicted octanol–water partition coefficient (Wildman–Crippen LogP) is 2.61. The number of nitrogens with one attached hydrogen (secondary N) is 1. The first-order chi connectivity index (χ1) is 11.1. The fraction of sp³-hybridized carbons (Fsp3) is 0. The molecule has 0 saturated heterocycles. The van der Waals surface area contributed by atoms with E-state index in [-0.39, 0.29) is 10.3 Å². The maximum absolute atomic E-state index is 9.80. The van der Waals surface area contributed by atoms with Crippen molar-refractivity contribution in [1.82, 2.24) is 14.9 Å². The van der Waals surface area contributed by atoms with Crippen LogP contribution in [0.25, 0.3) is 11.4 Å². The van der Waals surface area contributed by atoms with Gasteiger partial charge in [0.2, 0.25) is 10.5 Å². The van der Waals surface area contributed by atoms with Crippen LogP contribution in [0.4, 0.5) is 0 Å². The highest BCUT2D eigenvalue weighted by Gasteiger charge is 2.11. The average Bonchev–Trinajstić information content (AvgIpc) is 2.94. The summed E-state index contributed by atoms with van der Waals surface area (Å²) in [5.74, 6) is -0.975. The molecule has 0 aliphatic carbocycles. The van der Waals surface area contributed by atoms with Gasteiger partial charge in [-0.3, -0.25) is 0 Å². The Kier molecular flexibility index (Phi) is 3.82. The van der Waals surface area contributed by atoms with E-state index in [9.17, 15) is 15.3 Å². The van der Waals surface area contributed by atoms with Crippen LogP contribution >= 0.6 is 12.2 Å². The number of phenols is 3. The first-order valence-corrected chi connectivity index (χ1v) is 7.00. The molecule has 0 atom stereocenters. The number of hydrogen-bond acceptors (Lipinski definition) is 6. The Labute approximate surface area is 135 Å². The van der Waals surface area contributed by atoms with Gasteiger partial charge < -0.3 is 15.3 Å². The van der Waals surface area contributed by atoms with Gasteiger partial charge in [0.1, 0.15) is 0 Å². The molecule has 0 radical (unpaired) electrons. The average molecular weight is 328 g/mol. The summed E-state index contributed by atoms with van der Waals surface area (Å²) >= 11 is 5.15. The smallest absolute Gasteiger partial charge is 0.216 e. The van der Waals surface area contributed by atoms with Gasteiger partial charge in [0, 0.05) is 11.1 Å². The van der Waals surface area contributed by atoms with Crippen molar-refractivity contribution in [3.8, 4) is 28.6 Å². The molecule has 3 aromatic rings. The van der Waals surface area contributed by atoms with Crippen molar-refractivity contribution in [3.05, 3.63) is 52.8 Å². The summed E-state index contributed by atoms with van der Waals surface area (Å²) in [5, 5.41) is 39.6. The van der Waals surface area contributed by atoms with E-state index in [0.29, 0.717) is 5.82 Å². The van der Waals surface area contributed by atoms with Crippen LogP contribution in [-0.4, -0.2) is 36.4 Å². The molecule has 0 spiro atoms. The quantitative estimate of drug-likeness (QED) is 0.336. The molecule has 8 heteroatoms. The number of nitrogens with zero attached hydrogens (tertiary/aromatic N) is 3. The maximum Gasteiger partial charge on any atom is 0.216 e. The van der Waals surface area contributed by atoms with Crippen LogP contribution in [0.5, 0.6) is 17.2 Å². The highest BCUT2D eigenvalue weighted by molar-refractivity contribution is 7.71. The zero-order chi connectivity index (χ0) is 16.4. The maximum atomic E-state index is 9.80. The molecular formula is C15H12N4O3S. The lowest BCUT2D eigenvalue weighted by Crippen LogP contribution is -1.95. The monoisotopic (exact) mass is 328 g/mol. The van der Waals surface area contributed by atoms with E-state index in [0.717, 1.165) is 5.56 Å². The van der Waals surface area contributed by atoms with Crippen LogP contribution in [0.1, 0.15) is 5.56 Å². The van der Waals surface area contributed by atoms with Crippen molar-refractivity contribution in [3.63, 3.8) is 0 Å². The van der Waals surface area contributed by atoms with Gasteiger partial charge in [-0.1, -0.05) is 30.3 Å². The number of aromatic hydroxyl groups is 3. The summed E-state index contributed by atoms with van der Waals surface area (Å²) in [6.07, 6.45) is 1.31. The summed E-state index contributed by atoms with van der Waals surface area (Å²) in [7, 11) is 0. The zero-order valence-corrected chi connectivity index (χ0v) is 12.5. The molecule has 1 aromatic heterocycles. The van der Waals surface area contributed by atoms with E-state index >= 15 is 0 Å². The van der Waals surface area contributed by atoms with Crippen molar-refractivity contribution in [2.24, 2.45) is 5.10 Å². The van der Waals surface area contributed by atoms with Gasteiger partial charge in [0.05, 0.1) is 6.21 Å². The molecule has 0 aliphatic rings. The highest BCUT2D eigenvalue weighted by atomic mass is 32.1. The van der Waals surface area contributed by atoms with Gasteiger partial charge in [-0.25, -0.2) is 5.10 Å². The molecule has 2 aromatic carbocycles. The van der Waals surface area contributed by atoms with Crippen LogP contribution < -0.4 is 0 Å². The molecule has 1 heterocycles. The molecule has 0 unspecified atom stereocenters. The number of aromatic amines is 1. The molecule has 0 aliphatic heterocycles. The Balaban J connectivity index is 2.03. The van der Waals surface area contributed by atoms with Crippen molar-refractivity contribution >= 4 is 18.4 Å². The van der Waals surface area contributed by atoms with E-state index in [1.165, 1.54) is 23.0 Å². The standard InChI is InChI=1S/C15H12N4O3S/c20-11-7-6-10(12(21)13(11)22)8-16-19-14(17-18-15(19)23)9-4-2-1-3-5-9/h1-8,20-22H,(H,18,23). The summed E-state index contributed by atoms with van der Waals surface area (Å²) in [4.78, 5) is 0. The van der Waals surface area contributed by atoms with Crippen LogP contribution in [-0.2, 0) is 0 Å². The summed E-state index contributed by atoms with van der Waals surface area (Å²) in [5.41, 5.74) is 1.04. The normalized spacial score (nSPS) is 11.1. The van der Waals surface area contributed by atoms with Gasteiger partial charge in [0.15, 0.2) is 17.3 Å². The molecule has 3 rings (SSSR count). The van der Waals surface area contributed by atoms with Crippen LogP contribution in [0.3, 0.4) is 0 Å². The van der Waals surface area contributed by atoms with Crippen LogP contribution in [0.15, 0.2) is 47.6 Å². The first-order valence-electron chi connectivity index (χ1n) is 6.59. The van der Waals surface area contributed by atoms with Crippen molar-refractivity contribution in [2.45, 2.75) is 0 Å². The highest BCUT2D eigenvalue weighted by Crippen LogP contribution is 2.36. The predicted molar refractivity (Wildman–Crippen MR) is 87.3 cm³/mol. The minimum Gasteiger partial charge on any atom is -0.504 e. The first kappa shape index (κ1) is 14.8. The molecule has 0 bridgehead atoms. The van der Waals surface area contributed by atoms with Gasteiger partial charge >= 0.3 is 0 Å². The molecule has 7 nitrogen and oxygen atoms in total. The third-order valence-electron chi connectivity index (χ3n) is 3.16. The Morgan fingerprint density at radius 2 is 1.78 bits per heavy atom. The summed E-state index contributed by atoms with van der Waals surface area (Å²) in [6.45, 7) is 0. The third-order valence-corrected chi connectivity index (χ3v) is 3.42. The topological polar surface area (TPSA) is 107 Å². The molecule has 116 valence electrons. The zero-order valence-electron chi connectivity index (χ0n) is 11.7. The number of aromatic nitrogens is 3. The fourth-order valence-corrected chi connectivity index (χ4v) is 2.16. The second kappa shape index (κ2) is 5.93. The van der Waals surface area contributed by atoms with E-state index in [1.54, 1.807) is 0 Å². The van der Waals surface area contributed by atoms with Crippen molar-refractivity contribution in [1.29, 1.82) is 0 Å². The molecular weight excluding hydrogens is 316 g/mol. The Hall–Kier alpha value is -3.13. The Morgan fingerprint density at radius 3 is 2.52 bits per heavy atom. The van der Waals surface area contributed by atoms with Gasteiger partial charge in [-0.05, 0) is 24.4 Å². The summed E-state index contributed by atoms with van der Waals surface area (Å²) < 4.78 is 1.68. The van der Waals surface area contributed by atoms with Crippen molar-refractivity contribution < 1.29 is 15.3 Å². The van der Waals surface area contributed by atoms with E-state index in [4.69, 9.17) is 12.2 Å². The molecule has 0 saturated carbocycles. The number of rotatable bonds is 3. The molecule has 0 fully saturated rings. The lowest BCUT2D eigenvalue weighted by atomic mass is 10.2. The Bertz CT molecular complexity index is 932. The minimum absolute atomic E-state index is 0.224. The van der Waals surface area contributed by atoms with Gasteiger partial charge in [-0.15, -0.1) is 0 Å². The van der Waals surface area contributed by atoms with E-state index in [1.807, 2.05) is 30.3 Å². The van der Waals surface area contributed by atoms with E-state index < -0.39 is 17.2 Å². The largest absolute Gasteiger partial charge is 0.504 e. The third kappa shape index (κ3) is 2.79. The van der Waals surface area contributed by atoms with Crippen LogP contribution in [0.2, 0.25) is 0 Å². The fourth-order valence-electron chi connectivity index (χ4n) is 1.98. The second-order valence-electron chi connectivity index (χ2n) is 4.65. The lowest BCUT2D eigenvalue weighted by molar-refractivity contribution is 0.367. The van der Waals surface area contributed by atoms with Crippen LogP contribution in [0, 0.1) is 4.77 Å². The minimum atomic E-state index is -0.604. The van der Waals surface area contributed by atoms with Gasteiger partial charge in [-0.2, -0.15) is 14.9 Å². The SMILES string of the molecule is Oc1ccc(C=Nn2c(-c3ccccc3)n[nH]c2=S)c(O)c1O. The number of phenolic OH excluding ortho intramolecular Hbond substituents is 3. The van der Waals surface area contributed by atoms with Gasteiger partial charge in [0.25, 0.3) is 0 Å². The number of H-pyrrole nitrogens is 1. The molecule has 0 amide bonds.